The zero-order valence-corrected chi connectivity index (χ0v) is 18.8. The van der Waals surface area contributed by atoms with Gasteiger partial charge in [-0.05, 0) is 18.1 Å². The van der Waals surface area contributed by atoms with Gasteiger partial charge in [0, 0.05) is 11.8 Å². The van der Waals surface area contributed by atoms with E-state index >= 15 is 0 Å². The maximum atomic E-state index is 12.6. The molecule has 2 saturated heterocycles. The average Bonchev–Trinajstić information content (AvgIpc) is 3.29. The largest absolute Gasteiger partial charge is 0.484 e. The molecule has 3 heterocycles. The lowest BCUT2D eigenvalue weighted by Crippen LogP contribution is -2.45. The van der Waals surface area contributed by atoms with Crippen LogP contribution in [0.4, 0.5) is 0 Å². The molecule has 5 rings (SSSR count). The lowest BCUT2D eigenvalue weighted by Gasteiger charge is -2.32. The first kappa shape index (κ1) is 22.3. The van der Waals surface area contributed by atoms with E-state index in [1.807, 2.05) is 60.7 Å². The number of aromatic amines is 1. The molecule has 2 bridgehead atoms. The monoisotopic (exact) mass is 462 g/mol. The van der Waals surface area contributed by atoms with Crippen LogP contribution in [-0.2, 0) is 32.2 Å². The molecule has 2 aliphatic heterocycles. The normalized spacial score (nSPS) is 25.4. The quantitative estimate of drug-likeness (QED) is 0.554. The zero-order chi connectivity index (χ0) is 23.7. The van der Waals surface area contributed by atoms with Gasteiger partial charge < -0.3 is 18.9 Å². The van der Waals surface area contributed by atoms with Crippen LogP contribution in [-0.4, -0.2) is 34.0 Å². The molecule has 0 saturated carbocycles. The molecule has 8 nitrogen and oxygen atoms in total. The maximum absolute atomic E-state index is 12.6. The Balaban J connectivity index is 1.44. The number of H-pyrrole nitrogens is 1. The first-order valence-corrected chi connectivity index (χ1v) is 11.1. The van der Waals surface area contributed by atoms with Crippen molar-refractivity contribution in [2.45, 2.75) is 44.2 Å². The van der Waals surface area contributed by atoms with E-state index in [9.17, 15) is 9.59 Å². The maximum Gasteiger partial charge on any atom is 0.330 e. The topological polar surface area (TPSA) is 91.8 Å². The predicted molar refractivity (Wildman–Crippen MR) is 124 cm³/mol. The van der Waals surface area contributed by atoms with Crippen LogP contribution in [0.1, 0.15) is 22.9 Å². The molecule has 0 amide bonds. The highest BCUT2D eigenvalue weighted by molar-refractivity contribution is 5.25. The van der Waals surface area contributed by atoms with Gasteiger partial charge in [-0.15, -0.1) is 0 Å². The van der Waals surface area contributed by atoms with Crippen molar-refractivity contribution in [1.82, 2.24) is 9.55 Å². The summed E-state index contributed by atoms with van der Waals surface area (Å²) in [6.45, 7) is 6.53. The van der Waals surface area contributed by atoms with Gasteiger partial charge in [-0.25, -0.2) is 4.79 Å². The van der Waals surface area contributed by atoms with Gasteiger partial charge in [-0.1, -0.05) is 67.2 Å². The van der Waals surface area contributed by atoms with Crippen molar-refractivity contribution in [2.24, 2.45) is 0 Å². The van der Waals surface area contributed by atoms with Crippen LogP contribution in [0.3, 0.4) is 0 Å². The number of hydrogen-bond donors (Lipinski definition) is 1. The molecule has 0 aliphatic carbocycles. The fraction of sp³-hybridized carbons (Fsp3) is 0.308. The molecule has 1 N–H and O–H groups in total. The summed E-state index contributed by atoms with van der Waals surface area (Å²) in [5, 5.41) is 0. The molecular formula is C26H26N2O6. The number of nitrogens with one attached hydrogen (secondary N) is 1. The molecule has 3 aromatic rings. The van der Waals surface area contributed by atoms with Crippen LogP contribution in [0.5, 0.6) is 0 Å². The molecule has 1 aromatic heterocycles. The molecule has 176 valence electrons. The van der Waals surface area contributed by atoms with Gasteiger partial charge in [-0.3, -0.25) is 14.3 Å². The first-order chi connectivity index (χ1) is 16.5. The number of benzene rings is 2. The second-order valence-corrected chi connectivity index (χ2v) is 8.58. The van der Waals surface area contributed by atoms with E-state index in [2.05, 4.69) is 11.6 Å². The van der Waals surface area contributed by atoms with Gasteiger partial charge in [0.15, 0.2) is 17.9 Å². The third-order valence-electron chi connectivity index (χ3n) is 6.24. The summed E-state index contributed by atoms with van der Waals surface area (Å²) in [4.78, 5) is 26.8. The lowest BCUT2D eigenvalue weighted by atomic mass is 9.97. The fourth-order valence-electron chi connectivity index (χ4n) is 4.44. The fourth-order valence-corrected chi connectivity index (χ4v) is 4.44. The smallest absolute Gasteiger partial charge is 0.330 e. The van der Waals surface area contributed by atoms with Gasteiger partial charge >= 0.3 is 5.69 Å². The molecule has 4 atom stereocenters. The van der Waals surface area contributed by atoms with Crippen LogP contribution >= 0.6 is 0 Å². The van der Waals surface area contributed by atoms with E-state index < -0.39 is 35.3 Å². The average molecular weight is 463 g/mol. The lowest BCUT2D eigenvalue weighted by molar-refractivity contribution is -0.166. The molecular weight excluding hydrogens is 436 g/mol. The van der Waals surface area contributed by atoms with Gasteiger partial charge in [-0.2, -0.15) is 0 Å². The number of fused-ring (bicyclic) bond motifs is 2. The van der Waals surface area contributed by atoms with Crippen LogP contribution in [0.2, 0.25) is 0 Å². The molecule has 3 unspecified atom stereocenters. The van der Waals surface area contributed by atoms with E-state index in [1.54, 1.807) is 6.92 Å². The minimum absolute atomic E-state index is 0.129. The number of aromatic nitrogens is 2. The summed E-state index contributed by atoms with van der Waals surface area (Å²) in [5.74, 6) is 0.397. The first-order valence-electron chi connectivity index (χ1n) is 11.1. The van der Waals surface area contributed by atoms with Gasteiger partial charge in [0.2, 0.25) is 0 Å². The Kier molecular flexibility index (Phi) is 5.95. The molecule has 2 aromatic carbocycles. The van der Waals surface area contributed by atoms with Crippen LogP contribution in [0.15, 0.2) is 88.8 Å². The van der Waals surface area contributed by atoms with Crippen molar-refractivity contribution in [3.05, 3.63) is 117 Å². The number of nitrogens with zero attached hydrogens (tertiary/aromatic N) is 1. The molecule has 2 fully saturated rings. The summed E-state index contributed by atoms with van der Waals surface area (Å²) in [7, 11) is 0. The van der Waals surface area contributed by atoms with E-state index in [4.69, 9.17) is 18.9 Å². The molecule has 34 heavy (non-hydrogen) atoms. The Morgan fingerprint density at radius 2 is 1.68 bits per heavy atom. The van der Waals surface area contributed by atoms with Crippen LogP contribution < -0.4 is 11.2 Å². The molecule has 0 radical (unpaired) electrons. The number of aryl methyl sites for hydroxylation is 1. The highest BCUT2D eigenvalue weighted by Gasteiger charge is 2.66. The minimum Gasteiger partial charge on any atom is -0.484 e. The third kappa shape index (κ3) is 4.00. The highest BCUT2D eigenvalue weighted by atomic mass is 16.7. The summed E-state index contributed by atoms with van der Waals surface area (Å²) in [6.07, 6.45) is -0.542. The standard InChI is InChI=1S/C26H26N2O6/c1-17-13-28(25(30)27-23(17)29)24-21-22(32-15-20-11-7-4-8-12-20)26(34-24,18(2)33-21)16-31-14-19-9-5-3-6-10-19/h3-13,21-22,24H,2,14-16H2,1H3,(H,27,29,30)/t21?,22?,24?,26-/m1/s1. The van der Waals surface area contributed by atoms with Crippen molar-refractivity contribution in [2.75, 3.05) is 6.61 Å². The Bertz CT molecular complexity index is 1290. The van der Waals surface area contributed by atoms with Crippen molar-refractivity contribution >= 4 is 0 Å². The highest BCUT2D eigenvalue weighted by Crippen LogP contribution is 2.51. The number of hydrogen-bond acceptors (Lipinski definition) is 6. The van der Waals surface area contributed by atoms with Crippen molar-refractivity contribution < 1.29 is 18.9 Å². The second-order valence-electron chi connectivity index (χ2n) is 8.58. The van der Waals surface area contributed by atoms with E-state index in [1.165, 1.54) is 10.8 Å². The van der Waals surface area contributed by atoms with Gasteiger partial charge in [0.05, 0.1) is 19.8 Å². The Morgan fingerprint density at radius 3 is 2.35 bits per heavy atom. The molecule has 8 heteroatoms. The second kappa shape index (κ2) is 9.06. The van der Waals surface area contributed by atoms with Gasteiger partial charge in [0.1, 0.15) is 11.9 Å². The Morgan fingerprint density at radius 1 is 1.03 bits per heavy atom. The Labute approximate surface area is 196 Å². The van der Waals surface area contributed by atoms with E-state index in [0.29, 0.717) is 24.5 Å². The summed E-state index contributed by atoms with van der Waals surface area (Å²) < 4.78 is 26.2. The minimum atomic E-state index is -1.11. The predicted octanol–water partition coefficient (Wildman–Crippen LogP) is 2.83. The molecule has 0 spiro atoms. The van der Waals surface area contributed by atoms with Crippen LogP contribution in [0, 0.1) is 6.92 Å². The Hall–Kier alpha value is -3.46. The summed E-state index contributed by atoms with van der Waals surface area (Å²) >= 11 is 0. The van der Waals surface area contributed by atoms with Gasteiger partial charge in [0.25, 0.3) is 5.56 Å². The molecule has 2 aliphatic rings. The van der Waals surface area contributed by atoms with Crippen molar-refractivity contribution in [3.8, 4) is 0 Å². The number of ether oxygens (including phenoxy) is 4. The number of rotatable bonds is 8. The van der Waals surface area contributed by atoms with Crippen LogP contribution in [0.25, 0.3) is 0 Å². The summed E-state index contributed by atoms with van der Waals surface area (Å²) in [5.41, 5.74) is 0.276. The van der Waals surface area contributed by atoms with Crippen molar-refractivity contribution in [3.63, 3.8) is 0 Å². The summed E-state index contributed by atoms with van der Waals surface area (Å²) in [6, 6.07) is 19.6. The third-order valence-corrected chi connectivity index (χ3v) is 6.24. The van der Waals surface area contributed by atoms with Crippen molar-refractivity contribution in [1.29, 1.82) is 0 Å². The van der Waals surface area contributed by atoms with E-state index in [-0.39, 0.29) is 6.61 Å². The SMILES string of the molecule is C=C1OC2C(n3cc(C)c(=O)[nH]c3=O)O[C@@]1(COCc1ccccc1)C2OCc1ccccc1. The van der Waals surface area contributed by atoms with E-state index in [0.717, 1.165) is 11.1 Å². The zero-order valence-electron chi connectivity index (χ0n) is 18.8.